The van der Waals surface area contributed by atoms with Gasteiger partial charge in [-0.1, -0.05) is 32.4 Å². The van der Waals surface area contributed by atoms with Crippen molar-refractivity contribution >= 4 is 23.3 Å². The first-order valence-electron chi connectivity index (χ1n) is 7.14. The Labute approximate surface area is 140 Å². The van der Waals surface area contributed by atoms with Gasteiger partial charge in [-0.15, -0.1) is 0 Å². The van der Waals surface area contributed by atoms with Gasteiger partial charge in [0.25, 0.3) is 0 Å². The minimum atomic E-state index is -1.48. The summed E-state index contributed by atoms with van der Waals surface area (Å²) in [5, 5.41) is 18.2. The average molecular weight is 346 g/mol. The number of rotatable bonds is 4. The second kappa shape index (κ2) is 5.67. The Morgan fingerprint density at radius 1 is 1.26 bits per heavy atom. The Kier molecular flexibility index (Phi) is 4.73. The summed E-state index contributed by atoms with van der Waals surface area (Å²) in [4.78, 5) is 24.3. The summed E-state index contributed by atoms with van der Waals surface area (Å²) in [7, 11) is 0. The van der Waals surface area contributed by atoms with Gasteiger partial charge in [-0.05, 0) is 13.8 Å². The zero-order valence-electron chi connectivity index (χ0n) is 14.5. The summed E-state index contributed by atoms with van der Waals surface area (Å²) in [6.07, 6.45) is 0. The number of nitrogens with zero attached hydrogens (tertiary/aromatic N) is 3. The SMILES string of the molecule is CC(C)(C)c1nn(N)c(NC(=O)C(C)(C)C(C)(C)[N+](=O)[O-])c1Cl. The highest BCUT2D eigenvalue weighted by Crippen LogP contribution is 2.37. The van der Waals surface area contributed by atoms with Crippen LogP contribution in [0.4, 0.5) is 5.82 Å². The summed E-state index contributed by atoms with van der Waals surface area (Å²) < 4.78 is 0. The molecule has 1 aromatic heterocycles. The molecule has 0 saturated carbocycles. The van der Waals surface area contributed by atoms with E-state index in [1.807, 2.05) is 20.8 Å². The van der Waals surface area contributed by atoms with Crippen LogP contribution in [0.1, 0.15) is 54.2 Å². The molecule has 1 heterocycles. The number of nitro groups is 1. The van der Waals surface area contributed by atoms with E-state index in [9.17, 15) is 14.9 Å². The molecule has 0 unspecified atom stereocenters. The van der Waals surface area contributed by atoms with Crippen LogP contribution < -0.4 is 11.2 Å². The molecule has 0 aliphatic heterocycles. The Morgan fingerprint density at radius 2 is 1.74 bits per heavy atom. The molecule has 130 valence electrons. The molecule has 0 atom stereocenters. The molecule has 8 nitrogen and oxygen atoms in total. The van der Waals surface area contributed by atoms with Crippen LogP contribution in [-0.4, -0.2) is 26.3 Å². The molecule has 0 fully saturated rings. The maximum absolute atomic E-state index is 12.6. The van der Waals surface area contributed by atoms with E-state index in [-0.39, 0.29) is 16.3 Å². The van der Waals surface area contributed by atoms with Crippen LogP contribution in [0.25, 0.3) is 0 Å². The first-order valence-corrected chi connectivity index (χ1v) is 7.52. The lowest BCUT2D eigenvalue weighted by atomic mass is 9.74. The van der Waals surface area contributed by atoms with Crippen molar-refractivity contribution < 1.29 is 9.72 Å². The molecule has 0 aliphatic rings. The Bertz CT molecular complexity index is 644. The van der Waals surface area contributed by atoms with Crippen molar-refractivity contribution in [1.29, 1.82) is 0 Å². The van der Waals surface area contributed by atoms with Gasteiger partial charge in [0.1, 0.15) is 10.4 Å². The van der Waals surface area contributed by atoms with E-state index in [1.54, 1.807) is 0 Å². The lowest BCUT2D eigenvalue weighted by Crippen LogP contribution is -2.52. The van der Waals surface area contributed by atoms with Crippen LogP contribution >= 0.6 is 11.6 Å². The first-order chi connectivity index (χ1) is 10.1. The second-order valence-electron chi connectivity index (χ2n) is 7.60. The first kappa shape index (κ1) is 19.2. The number of aromatic nitrogens is 2. The quantitative estimate of drug-likeness (QED) is 0.494. The standard InChI is InChI=1S/C14H24ClN5O3/c1-12(2,3)9-8(15)10(19(16)18-9)17-11(21)13(4,5)14(6,7)20(22)23/h16H2,1-7H3,(H,17,21). The largest absolute Gasteiger partial charge is 0.321 e. The van der Waals surface area contributed by atoms with E-state index >= 15 is 0 Å². The molecule has 1 amide bonds. The summed E-state index contributed by atoms with van der Waals surface area (Å²) in [5.41, 5.74) is -2.61. The van der Waals surface area contributed by atoms with Gasteiger partial charge in [0.05, 0.1) is 5.69 Å². The monoisotopic (exact) mass is 345 g/mol. The van der Waals surface area contributed by atoms with Crippen molar-refractivity contribution in [2.24, 2.45) is 5.41 Å². The molecular formula is C14H24ClN5O3. The predicted molar refractivity (Wildman–Crippen MR) is 89.6 cm³/mol. The molecular weight excluding hydrogens is 322 g/mol. The predicted octanol–water partition coefficient (Wildman–Crippen LogP) is 2.57. The maximum atomic E-state index is 12.6. The Balaban J connectivity index is 3.22. The van der Waals surface area contributed by atoms with Gasteiger partial charge in [0.15, 0.2) is 5.82 Å². The van der Waals surface area contributed by atoms with Gasteiger partial charge >= 0.3 is 0 Å². The average Bonchev–Trinajstić information content (AvgIpc) is 2.65. The Hall–Kier alpha value is -1.83. The number of anilines is 1. The van der Waals surface area contributed by atoms with Crippen LogP contribution in [0.5, 0.6) is 0 Å². The summed E-state index contributed by atoms with van der Waals surface area (Å²) in [6.45, 7) is 11.5. The number of nitrogens with two attached hydrogens (primary N) is 1. The fraction of sp³-hybridized carbons (Fsp3) is 0.714. The second-order valence-corrected chi connectivity index (χ2v) is 7.98. The molecule has 1 aromatic rings. The summed E-state index contributed by atoms with van der Waals surface area (Å²) in [5.74, 6) is 5.33. The third-order valence-electron chi connectivity index (χ3n) is 4.35. The minimum absolute atomic E-state index is 0.119. The van der Waals surface area contributed by atoms with E-state index < -0.39 is 21.8 Å². The number of carbonyl (C=O) groups is 1. The molecule has 0 radical (unpaired) electrons. The topological polar surface area (TPSA) is 116 Å². The van der Waals surface area contributed by atoms with Crippen LogP contribution in [0.2, 0.25) is 5.02 Å². The zero-order valence-corrected chi connectivity index (χ0v) is 15.3. The number of amides is 1. The van der Waals surface area contributed by atoms with Gasteiger partial charge in [-0.25, -0.2) is 0 Å². The van der Waals surface area contributed by atoms with E-state index in [4.69, 9.17) is 17.4 Å². The van der Waals surface area contributed by atoms with Crippen molar-refractivity contribution in [1.82, 2.24) is 9.89 Å². The highest BCUT2D eigenvalue weighted by molar-refractivity contribution is 6.34. The number of nitrogens with one attached hydrogen (secondary N) is 1. The van der Waals surface area contributed by atoms with Crippen molar-refractivity contribution in [3.63, 3.8) is 0 Å². The molecule has 0 saturated heterocycles. The molecule has 0 aromatic carbocycles. The number of hydrogen-bond donors (Lipinski definition) is 2. The summed E-state index contributed by atoms with van der Waals surface area (Å²) >= 11 is 6.27. The van der Waals surface area contributed by atoms with E-state index in [1.165, 1.54) is 27.7 Å². The summed E-state index contributed by atoms with van der Waals surface area (Å²) in [6, 6.07) is 0. The van der Waals surface area contributed by atoms with Gasteiger partial charge in [0, 0.05) is 24.2 Å². The lowest BCUT2D eigenvalue weighted by Gasteiger charge is -2.32. The zero-order chi connectivity index (χ0) is 18.4. The number of halogens is 1. The number of hydrogen-bond acceptors (Lipinski definition) is 5. The molecule has 9 heteroatoms. The highest BCUT2D eigenvalue weighted by Gasteiger charge is 2.53. The maximum Gasteiger partial charge on any atom is 0.238 e. The van der Waals surface area contributed by atoms with Crippen LogP contribution in [0, 0.1) is 15.5 Å². The van der Waals surface area contributed by atoms with Crippen LogP contribution in [0.15, 0.2) is 0 Å². The van der Waals surface area contributed by atoms with Gasteiger partial charge in [-0.2, -0.15) is 9.89 Å². The van der Waals surface area contributed by atoms with Crippen molar-refractivity contribution in [2.45, 2.75) is 59.4 Å². The smallest absolute Gasteiger partial charge is 0.238 e. The van der Waals surface area contributed by atoms with Crippen molar-refractivity contribution in [3.8, 4) is 0 Å². The minimum Gasteiger partial charge on any atom is -0.321 e. The van der Waals surface area contributed by atoms with E-state index in [2.05, 4.69) is 10.4 Å². The van der Waals surface area contributed by atoms with Crippen molar-refractivity contribution in [3.05, 3.63) is 20.8 Å². The molecule has 0 spiro atoms. The molecule has 0 bridgehead atoms. The molecule has 23 heavy (non-hydrogen) atoms. The van der Waals surface area contributed by atoms with E-state index in [0.29, 0.717) is 5.69 Å². The highest BCUT2D eigenvalue weighted by atomic mass is 35.5. The Morgan fingerprint density at radius 3 is 2.09 bits per heavy atom. The van der Waals surface area contributed by atoms with Gasteiger partial charge in [0.2, 0.25) is 11.4 Å². The van der Waals surface area contributed by atoms with E-state index in [0.717, 1.165) is 4.79 Å². The molecule has 3 N–H and O–H groups in total. The third-order valence-corrected chi connectivity index (χ3v) is 4.71. The fourth-order valence-electron chi connectivity index (χ4n) is 1.78. The lowest BCUT2D eigenvalue weighted by molar-refractivity contribution is -0.576. The third kappa shape index (κ3) is 3.26. The fourth-order valence-corrected chi connectivity index (χ4v) is 2.23. The number of carbonyl (C=O) groups excluding carboxylic acids is 1. The van der Waals surface area contributed by atoms with Crippen LogP contribution in [-0.2, 0) is 10.2 Å². The normalized spacial score (nSPS) is 13.0. The van der Waals surface area contributed by atoms with Crippen molar-refractivity contribution in [2.75, 3.05) is 11.2 Å². The van der Waals surface area contributed by atoms with Gasteiger partial charge in [-0.3, -0.25) is 14.9 Å². The van der Waals surface area contributed by atoms with Gasteiger partial charge < -0.3 is 11.2 Å². The number of nitrogen functional groups attached to an aromatic ring is 1. The molecule has 0 aliphatic carbocycles. The van der Waals surface area contributed by atoms with Crippen LogP contribution in [0.3, 0.4) is 0 Å². The molecule has 1 rings (SSSR count).